The molecular weight excluding hydrogens is 228 g/mol. The summed E-state index contributed by atoms with van der Waals surface area (Å²) in [6.07, 6.45) is 2.09. The van der Waals surface area contributed by atoms with E-state index in [0.29, 0.717) is 11.8 Å². The van der Waals surface area contributed by atoms with Crippen LogP contribution >= 0.6 is 12.4 Å². The van der Waals surface area contributed by atoms with Gasteiger partial charge in [0.05, 0.1) is 12.5 Å². The molecule has 2 aliphatic heterocycles. The van der Waals surface area contributed by atoms with Crippen LogP contribution in [0, 0.1) is 11.8 Å². The Hall–Kier alpha value is -0.320. The molecule has 0 aliphatic carbocycles. The number of carbonyl (C=O) groups excluding carboxylic acids is 1. The molecule has 4 nitrogen and oxygen atoms in total. The van der Waals surface area contributed by atoms with Gasteiger partial charge in [0.25, 0.3) is 0 Å². The number of carbonyl (C=O) groups is 1. The summed E-state index contributed by atoms with van der Waals surface area (Å²) in [5, 5.41) is 3.23. The zero-order valence-corrected chi connectivity index (χ0v) is 10.6. The third kappa shape index (κ3) is 3.34. The van der Waals surface area contributed by atoms with Crippen molar-refractivity contribution in [1.82, 2.24) is 10.2 Å². The molecule has 1 amide bonds. The summed E-state index contributed by atoms with van der Waals surface area (Å²) in [4.78, 5) is 13.9. The maximum absolute atomic E-state index is 12.0. The molecule has 94 valence electrons. The molecule has 1 unspecified atom stereocenters. The fourth-order valence-corrected chi connectivity index (χ4v) is 2.38. The Balaban J connectivity index is 0.00000128. The summed E-state index contributed by atoms with van der Waals surface area (Å²) < 4.78 is 5.31. The maximum atomic E-state index is 12.0. The summed E-state index contributed by atoms with van der Waals surface area (Å²) in [5.41, 5.74) is 0. The van der Waals surface area contributed by atoms with E-state index in [1.165, 1.54) is 0 Å². The highest BCUT2D eigenvalue weighted by atomic mass is 35.5. The SMILES string of the molecule is CN(CC1CCOC1)C(=O)[C@H]1CCNC1.Cl. The van der Waals surface area contributed by atoms with Crippen molar-refractivity contribution in [3.05, 3.63) is 0 Å². The monoisotopic (exact) mass is 248 g/mol. The first-order valence-electron chi connectivity index (χ1n) is 5.81. The highest BCUT2D eigenvalue weighted by molar-refractivity contribution is 5.85. The van der Waals surface area contributed by atoms with Gasteiger partial charge in [-0.25, -0.2) is 0 Å². The molecule has 0 aromatic carbocycles. The van der Waals surface area contributed by atoms with Gasteiger partial charge in [-0.3, -0.25) is 4.79 Å². The number of ether oxygens (including phenoxy) is 1. The van der Waals surface area contributed by atoms with E-state index in [0.717, 1.165) is 45.7 Å². The molecule has 2 aliphatic rings. The van der Waals surface area contributed by atoms with Gasteiger partial charge in [0.15, 0.2) is 0 Å². The van der Waals surface area contributed by atoms with E-state index >= 15 is 0 Å². The first-order chi connectivity index (χ1) is 7.27. The molecule has 2 heterocycles. The largest absolute Gasteiger partial charge is 0.381 e. The van der Waals surface area contributed by atoms with E-state index in [1.807, 2.05) is 11.9 Å². The summed E-state index contributed by atoms with van der Waals surface area (Å²) >= 11 is 0. The maximum Gasteiger partial charge on any atom is 0.226 e. The van der Waals surface area contributed by atoms with E-state index in [4.69, 9.17) is 4.74 Å². The Labute approximate surface area is 103 Å². The van der Waals surface area contributed by atoms with Gasteiger partial charge in [-0.2, -0.15) is 0 Å². The molecule has 2 fully saturated rings. The van der Waals surface area contributed by atoms with Crippen molar-refractivity contribution in [3.63, 3.8) is 0 Å². The van der Waals surface area contributed by atoms with Crippen LogP contribution in [-0.2, 0) is 9.53 Å². The van der Waals surface area contributed by atoms with Crippen LogP contribution < -0.4 is 5.32 Å². The summed E-state index contributed by atoms with van der Waals surface area (Å²) in [7, 11) is 1.92. The van der Waals surface area contributed by atoms with Gasteiger partial charge >= 0.3 is 0 Å². The number of nitrogens with zero attached hydrogens (tertiary/aromatic N) is 1. The molecule has 1 N–H and O–H groups in total. The second kappa shape index (κ2) is 6.42. The van der Waals surface area contributed by atoms with E-state index in [1.54, 1.807) is 0 Å². The molecule has 0 saturated carbocycles. The van der Waals surface area contributed by atoms with Crippen LogP contribution in [0.4, 0.5) is 0 Å². The van der Waals surface area contributed by atoms with Crippen LogP contribution in [-0.4, -0.2) is 50.7 Å². The quantitative estimate of drug-likeness (QED) is 0.792. The van der Waals surface area contributed by atoms with Crippen molar-refractivity contribution in [2.24, 2.45) is 11.8 Å². The zero-order chi connectivity index (χ0) is 10.7. The van der Waals surface area contributed by atoms with Crippen molar-refractivity contribution in [1.29, 1.82) is 0 Å². The van der Waals surface area contributed by atoms with Crippen LogP contribution in [0.25, 0.3) is 0 Å². The molecule has 2 saturated heterocycles. The standard InChI is InChI=1S/C11H20N2O2.ClH/c1-13(7-9-3-5-15-8-9)11(14)10-2-4-12-6-10;/h9-10,12H,2-8H2,1H3;1H/t9?,10-;/m0./s1. The fraction of sp³-hybridized carbons (Fsp3) is 0.909. The van der Waals surface area contributed by atoms with Gasteiger partial charge < -0.3 is 15.0 Å². The molecule has 0 aromatic heterocycles. The van der Waals surface area contributed by atoms with Crippen molar-refractivity contribution in [2.45, 2.75) is 12.8 Å². The smallest absolute Gasteiger partial charge is 0.226 e. The Morgan fingerprint density at radius 3 is 2.88 bits per heavy atom. The minimum Gasteiger partial charge on any atom is -0.381 e. The number of halogens is 1. The number of hydrogen-bond donors (Lipinski definition) is 1. The molecule has 2 rings (SSSR count). The second-order valence-corrected chi connectivity index (χ2v) is 4.64. The molecule has 16 heavy (non-hydrogen) atoms. The third-order valence-corrected chi connectivity index (χ3v) is 3.34. The van der Waals surface area contributed by atoms with Crippen molar-refractivity contribution in [3.8, 4) is 0 Å². The Morgan fingerprint density at radius 1 is 1.50 bits per heavy atom. The van der Waals surface area contributed by atoms with E-state index in [2.05, 4.69) is 5.32 Å². The molecule has 0 radical (unpaired) electrons. The van der Waals surface area contributed by atoms with E-state index < -0.39 is 0 Å². The molecule has 0 bridgehead atoms. The van der Waals surface area contributed by atoms with Gasteiger partial charge in [0, 0.05) is 32.7 Å². The Bertz CT molecular complexity index is 226. The van der Waals surface area contributed by atoms with Crippen molar-refractivity contribution in [2.75, 3.05) is 39.9 Å². The predicted molar refractivity (Wildman–Crippen MR) is 64.8 cm³/mol. The number of nitrogens with one attached hydrogen (secondary N) is 1. The lowest BCUT2D eigenvalue weighted by Crippen LogP contribution is -2.37. The molecular formula is C11H21ClN2O2. The first kappa shape index (κ1) is 13.7. The Kier molecular flexibility index (Phi) is 5.52. The van der Waals surface area contributed by atoms with Crippen LogP contribution in [0.2, 0.25) is 0 Å². The van der Waals surface area contributed by atoms with Crippen LogP contribution in [0.1, 0.15) is 12.8 Å². The first-order valence-corrected chi connectivity index (χ1v) is 5.81. The lowest BCUT2D eigenvalue weighted by molar-refractivity contribution is -0.134. The average Bonchev–Trinajstić information content (AvgIpc) is 2.88. The fourth-order valence-electron chi connectivity index (χ4n) is 2.38. The van der Waals surface area contributed by atoms with E-state index in [9.17, 15) is 4.79 Å². The molecule has 2 atom stereocenters. The summed E-state index contributed by atoms with van der Waals surface area (Å²) in [6, 6.07) is 0. The molecule has 5 heteroatoms. The van der Waals surface area contributed by atoms with Gasteiger partial charge in [-0.1, -0.05) is 0 Å². The van der Waals surface area contributed by atoms with Crippen molar-refractivity contribution < 1.29 is 9.53 Å². The van der Waals surface area contributed by atoms with Crippen LogP contribution in [0.3, 0.4) is 0 Å². The summed E-state index contributed by atoms with van der Waals surface area (Å²) in [5.74, 6) is 1.05. The highest BCUT2D eigenvalue weighted by Crippen LogP contribution is 2.16. The molecule has 0 spiro atoms. The second-order valence-electron chi connectivity index (χ2n) is 4.64. The number of hydrogen-bond acceptors (Lipinski definition) is 3. The predicted octanol–water partition coefficient (Wildman–Crippen LogP) is 0.513. The van der Waals surface area contributed by atoms with Crippen molar-refractivity contribution >= 4 is 18.3 Å². The average molecular weight is 249 g/mol. The topological polar surface area (TPSA) is 41.6 Å². The lowest BCUT2D eigenvalue weighted by Gasteiger charge is -2.23. The number of amides is 1. The lowest BCUT2D eigenvalue weighted by atomic mass is 10.1. The van der Waals surface area contributed by atoms with Gasteiger partial charge in [-0.05, 0) is 19.4 Å². The normalized spacial score (nSPS) is 28.8. The minimum atomic E-state index is 0. The van der Waals surface area contributed by atoms with Crippen LogP contribution in [0.5, 0.6) is 0 Å². The third-order valence-electron chi connectivity index (χ3n) is 3.34. The minimum absolute atomic E-state index is 0. The zero-order valence-electron chi connectivity index (χ0n) is 9.78. The van der Waals surface area contributed by atoms with Gasteiger partial charge in [0.2, 0.25) is 5.91 Å². The Morgan fingerprint density at radius 2 is 2.31 bits per heavy atom. The molecule has 0 aromatic rings. The summed E-state index contributed by atoms with van der Waals surface area (Å²) in [6.45, 7) is 4.37. The number of rotatable bonds is 3. The van der Waals surface area contributed by atoms with Crippen LogP contribution in [0.15, 0.2) is 0 Å². The van der Waals surface area contributed by atoms with E-state index in [-0.39, 0.29) is 18.3 Å². The van der Waals surface area contributed by atoms with Gasteiger partial charge in [-0.15, -0.1) is 12.4 Å². The van der Waals surface area contributed by atoms with Gasteiger partial charge in [0.1, 0.15) is 0 Å². The highest BCUT2D eigenvalue weighted by Gasteiger charge is 2.27.